The molecule has 1 aliphatic heterocycles. The van der Waals surface area contributed by atoms with Crippen molar-refractivity contribution in [2.45, 2.75) is 52.2 Å². The lowest BCUT2D eigenvalue weighted by Gasteiger charge is -2.35. The normalized spacial score (nSPS) is 15.5. The number of ether oxygens (including phenoxy) is 1. The second kappa shape index (κ2) is 10.6. The molecule has 1 fully saturated rings. The van der Waals surface area contributed by atoms with Crippen LogP contribution in [0.25, 0.3) is 0 Å². The number of halogens is 2. The highest BCUT2D eigenvalue weighted by atomic mass is 19.1. The molecule has 7 heteroatoms. The molecule has 0 aromatic heterocycles. The molecule has 5 nitrogen and oxygen atoms in total. The largest absolute Gasteiger partial charge is 0.487 e. The van der Waals surface area contributed by atoms with E-state index in [1.165, 1.54) is 6.07 Å². The molecular formula is C25H30F2N2O3. The van der Waals surface area contributed by atoms with Gasteiger partial charge in [-0.2, -0.15) is 0 Å². The van der Waals surface area contributed by atoms with Gasteiger partial charge in [-0.25, -0.2) is 8.78 Å². The van der Waals surface area contributed by atoms with Gasteiger partial charge in [0.2, 0.25) is 5.91 Å². The zero-order chi connectivity index (χ0) is 23.3. The lowest BCUT2D eigenvalue weighted by atomic mass is 9.99. The van der Waals surface area contributed by atoms with Gasteiger partial charge in [0.15, 0.2) is 11.6 Å². The van der Waals surface area contributed by atoms with Crippen LogP contribution < -0.4 is 10.1 Å². The fourth-order valence-electron chi connectivity index (χ4n) is 3.92. The maximum atomic E-state index is 13.9. The van der Waals surface area contributed by atoms with E-state index >= 15 is 0 Å². The van der Waals surface area contributed by atoms with Crippen molar-refractivity contribution in [3.63, 3.8) is 0 Å². The summed E-state index contributed by atoms with van der Waals surface area (Å²) in [4.78, 5) is 27.7. The van der Waals surface area contributed by atoms with E-state index in [1.807, 2.05) is 32.9 Å². The standard InChI is InChI=1S/C25H30F2N2O3/c1-16(2)14-22(28-24(30)20-7-5-4-6-17(20)3)25(31)29-12-10-19(11-13-29)32-23-9-8-18(26)15-21(23)27/h4-9,15-16,19,22H,10-14H2,1-3H3,(H,28,30). The van der Waals surface area contributed by atoms with E-state index in [9.17, 15) is 18.4 Å². The van der Waals surface area contributed by atoms with Crippen LogP contribution >= 0.6 is 0 Å². The number of nitrogens with zero attached hydrogens (tertiary/aromatic N) is 1. The van der Waals surface area contributed by atoms with E-state index in [-0.39, 0.29) is 29.6 Å². The van der Waals surface area contributed by atoms with Gasteiger partial charge >= 0.3 is 0 Å². The molecule has 0 spiro atoms. The van der Waals surface area contributed by atoms with Crippen LogP contribution in [0, 0.1) is 24.5 Å². The molecule has 0 saturated carbocycles. The minimum atomic E-state index is -0.737. The molecule has 1 unspecified atom stereocenters. The summed E-state index contributed by atoms with van der Waals surface area (Å²) in [6.45, 7) is 6.78. The number of aryl methyl sites for hydroxylation is 1. The van der Waals surface area contributed by atoms with Gasteiger partial charge in [-0.15, -0.1) is 0 Å². The number of piperidine rings is 1. The third-order valence-corrected chi connectivity index (χ3v) is 5.64. The Labute approximate surface area is 187 Å². The second-order valence-corrected chi connectivity index (χ2v) is 8.69. The number of amides is 2. The minimum Gasteiger partial charge on any atom is -0.487 e. The maximum Gasteiger partial charge on any atom is 0.252 e. The van der Waals surface area contributed by atoms with Crippen molar-refractivity contribution in [2.24, 2.45) is 5.92 Å². The first-order valence-corrected chi connectivity index (χ1v) is 11.0. The van der Waals surface area contributed by atoms with Gasteiger partial charge < -0.3 is 15.0 Å². The second-order valence-electron chi connectivity index (χ2n) is 8.69. The Morgan fingerprint density at radius 2 is 1.81 bits per heavy atom. The van der Waals surface area contributed by atoms with Crippen molar-refractivity contribution in [3.05, 3.63) is 65.2 Å². The third kappa shape index (κ3) is 6.05. The molecule has 0 radical (unpaired) electrons. The first kappa shape index (κ1) is 23.7. The predicted molar refractivity (Wildman–Crippen MR) is 118 cm³/mol. The zero-order valence-corrected chi connectivity index (χ0v) is 18.7. The van der Waals surface area contributed by atoms with Crippen molar-refractivity contribution in [1.29, 1.82) is 0 Å². The first-order chi connectivity index (χ1) is 15.2. The van der Waals surface area contributed by atoms with E-state index in [0.717, 1.165) is 17.7 Å². The number of hydrogen-bond acceptors (Lipinski definition) is 3. The van der Waals surface area contributed by atoms with Crippen molar-refractivity contribution >= 4 is 11.8 Å². The molecule has 0 bridgehead atoms. The molecule has 3 rings (SSSR count). The van der Waals surface area contributed by atoms with Crippen LogP contribution in [-0.2, 0) is 4.79 Å². The molecule has 1 atom stereocenters. The van der Waals surface area contributed by atoms with Gasteiger partial charge in [0, 0.05) is 37.6 Å². The van der Waals surface area contributed by atoms with Crippen LogP contribution in [0.3, 0.4) is 0 Å². The number of carbonyl (C=O) groups is 2. The van der Waals surface area contributed by atoms with Crippen molar-refractivity contribution in [1.82, 2.24) is 10.2 Å². The summed E-state index contributed by atoms with van der Waals surface area (Å²) in [6.07, 6.45) is 1.34. The van der Waals surface area contributed by atoms with E-state index < -0.39 is 17.7 Å². The van der Waals surface area contributed by atoms with Gasteiger partial charge in [0.1, 0.15) is 18.0 Å². The Morgan fingerprint density at radius 1 is 1.12 bits per heavy atom. The number of rotatable bonds is 7. The Balaban J connectivity index is 1.61. The molecule has 2 aromatic rings. The van der Waals surface area contributed by atoms with E-state index in [4.69, 9.17) is 4.74 Å². The maximum absolute atomic E-state index is 13.9. The monoisotopic (exact) mass is 444 g/mol. The molecule has 32 heavy (non-hydrogen) atoms. The fourth-order valence-corrected chi connectivity index (χ4v) is 3.92. The number of benzene rings is 2. The highest BCUT2D eigenvalue weighted by Gasteiger charge is 2.31. The Bertz CT molecular complexity index is 956. The van der Waals surface area contributed by atoms with E-state index in [1.54, 1.807) is 17.0 Å². The molecular weight excluding hydrogens is 414 g/mol. The fraction of sp³-hybridized carbons (Fsp3) is 0.440. The number of carbonyl (C=O) groups excluding carboxylic acids is 2. The van der Waals surface area contributed by atoms with Gasteiger partial charge in [-0.3, -0.25) is 9.59 Å². The van der Waals surface area contributed by atoms with Crippen LogP contribution in [0.15, 0.2) is 42.5 Å². The molecule has 0 aliphatic carbocycles. The predicted octanol–water partition coefficient (Wildman–Crippen LogP) is 4.49. The average molecular weight is 445 g/mol. The summed E-state index contributed by atoms with van der Waals surface area (Å²) in [5.74, 6) is -1.53. The third-order valence-electron chi connectivity index (χ3n) is 5.64. The van der Waals surface area contributed by atoms with Crippen LogP contribution in [0.2, 0.25) is 0 Å². The lowest BCUT2D eigenvalue weighted by molar-refractivity contribution is -0.135. The molecule has 1 saturated heterocycles. The zero-order valence-electron chi connectivity index (χ0n) is 18.7. The Kier molecular flexibility index (Phi) is 7.83. The van der Waals surface area contributed by atoms with Crippen molar-refractivity contribution in [2.75, 3.05) is 13.1 Å². The Hall–Kier alpha value is -2.96. The summed E-state index contributed by atoms with van der Waals surface area (Å²) in [6, 6.07) is 9.90. The van der Waals surface area contributed by atoms with Crippen molar-refractivity contribution < 1.29 is 23.1 Å². The average Bonchev–Trinajstić information content (AvgIpc) is 2.75. The highest BCUT2D eigenvalue weighted by molar-refractivity contribution is 5.98. The Morgan fingerprint density at radius 3 is 2.44 bits per heavy atom. The van der Waals surface area contributed by atoms with Gasteiger partial charge in [-0.1, -0.05) is 32.0 Å². The van der Waals surface area contributed by atoms with Gasteiger partial charge in [0.25, 0.3) is 5.91 Å². The van der Waals surface area contributed by atoms with Crippen LogP contribution in [0.5, 0.6) is 5.75 Å². The number of likely N-dealkylation sites (tertiary alicyclic amines) is 1. The van der Waals surface area contributed by atoms with Crippen molar-refractivity contribution in [3.8, 4) is 5.75 Å². The number of hydrogen-bond donors (Lipinski definition) is 1. The van der Waals surface area contributed by atoms with Gasteiger partial charge in [-0.05, 0) is 43.0 Å². The molecule has 1 N–H and O–H groups in total. The summed E-state index contributed by atoms with van der Waals surface area (Å²) in [7, 11) is 0. The smallest absolute Gasteiger partial charge is 0.252 e. The van der Waals surface area contributed by atoms with E-state index in [2.05, 4.69) is 5.32 Å². The molecule has 1 aliphatic rings. The number of nitrogens with one attached hydrogen (secondary N) is 1. The van der Waals surface area contributed by atoms with E-state index in [0.29, 0.717) is 37.9 Å². The summed E-state index contributed by atoms with van der Waals surface area (Å²) in [5, 5.41) is 2.92. The van der Waals surface area contributed by atoms with Crippen LogP contribution in [0.1, 0.15) is 49.0 Å². The summed E-state index contributed by atoms with van der Waals surface area (Å²) in [5.41, 5.74) is 1.41. The SMILES string of the molecule is Cc1ccccc1C(=O)NC(CC(C)C)C(=O)N1CCC(Oc2ccc(F)cc2F)CC1. The molecule has 172 valence electrons. The lowest BCUT2D eigenvalue weighted by Crippen LogP contribution is -2.52. The minimum absolute atomic E-state index is 0.0133. The highest BCUT2D eigenvalue weighted by Crippen LogP contribution is 2.23. The van der Waals surface area contributed by atoms with Crippen LogP contribution in [-0.4, -0.2) is 41.9 Å². The quantitative estimate of drug-likeness (QED) is 0.685. The first-order valence-electron chi connectivity index (χ1n) is 11.0. The summed E-state index contributed by atoms with van der Waals surface area (Å²) < 4.78 is 32.6. The van der Waals surface area contributed by atoms with Gasteiger partial charge in [0.05, 0.1) is 0 Å². The topological polar surface area (TPSA) is 58.6 Å². The molecule has 2 amide bonds. The molecule has 1 heterocycles. The summed E-state index contributed by atoms with van der Waals surface area (Å²) >= 11 is 0. The van der Waals surface area contributed by atoms with Crippen LogP contribution in [0.4, 0.5) is 8.78 Å². The molecule has 2 aromatic carbocycles.